The molecule has 12 rings (SSSR count). The minimum Gasteiger partial charge on any atom is -0.457 e. The van der Waals surface area contributed by atoms with Crippen molar-refractivity contribution in [1.82, 2.24) is 0 Å². The van der Waals surface area contributed by atoms with Crippen LogP contribution in [0.5, 0.6) is 0 Å². The summed E-state index contributed by atoms with van der Waals surface area (Å²) in [7, 11) is 0. The van der Waals surface area contributed by atoms with Gasteiger partial charge in [0.15, 0.2) is 5.78 Å². The van der Waals surface area contributed by atoms with Crippen molar-refractivity contribution < 1.29 is 33.8 Å². The largest absolute Gasteiger partial charge is 0.457 e. The fourth-order valence-corrected chi connectivity index (χ4v) is 22.6. The summed E-state index contributed by atoms with van der Waals surface area (Å²) in [5.41, 5.74) is 12.0. The van der Waals surface area contributed by atoms with Crippen LogP contribution in [-0.4, -0.2) is 52.5 Å². The Kier molecular flexibility index (Phi) is 16.7. The zero-order chi connectivity index (χ0) is 54.7. The first-order valence-electron chi connectivity index (χ1n) is 31.6. The maximum atomic E-state index is 12.4. The number of ether oxygens (including phenoxy) is 1. The maximum Gasteiger partial charge on any atom is 0.323 e. The molecule has 9 saturated carbocycles. The van der Waals surface area contributed by atoms with Gasteiger partial charge in [0.1, 0.15) is 29.5 Å². The number of Topliss-reactive ketones (excluding diaryl/α,β-unsaturated/α-hetero) is 3. The smallest absolute Gasteiger partial charge is 0.323 e. The molecule has 12 aliphatic rings. The van der Waals surface area contributed by atoms with Crippen molar-refractivity contribution in [3.63, 3.8) is 0 Å². The average molecular weight is 1080 g/mol. The highest BCUT2D eigenvalue weighted by molar-refractivity contribution is 5.91. The molecule has 0 aliphatic heterocycles. The number of aliphatic hydroxyl groups is 1. The highest BCUT2D eigenvalue weighted by Crippen LogP contribution is 2.70. The van der Waals surface area contributed by atoms with E-state index in [1.807, 2.05) is 26.8 Å². The number of esters is 1. The maximum absolute atomic E-state index is 12.4. The van der Waals surface area contributed by atoms with Crippen LogP contribution in [0.25, 0.3) is 0 Å². The molecule has 0 heterocycles. The number of nitrogens with two attached hydrogens (primary N) is 1. The van der Waals surface area contributed by atoms with Gasteiger partial charge in [-0.2, -0.15) is 0 Å². The number of halogens is 1. The van der Waals surface area contributed by atoms with Crippen LogP contribution in [0.3, 0.4) is 0 Å². The molecule has 0 aromatic carbocycles. The predicted molar refractivity (Wildman–Crippen MR) is 309 cm³/mol. The van der Waals surface area contributed by atoms with Gasteiger partial charge >= 0.3 is 5.97 Å². The van der Waals surface area contributed by atoms with E-state index in [9.17, 15) is 29.1 Å². The van der Waals surface area contributed by atoms with Crippen LogP contribution in [0.15, 0.2) is 34.9 Å². The fraction of sp³-hybridized carbons (Fsp3) is 0.838. The van der Waals surface area contributed by atoms with Gasteiger partial charge in [-0.15, -0.1) is 12.4 Å². The second kappa shape index (κ2) is 21.7. The SMILES string of the molecule is CC(=O)[C@@H]1CCC2C3CCC4=CC(=O)CC[C@@]4(C)C3CC[C@]21C.CC(=O)[C@@H]1CCC2C3CCC4=C[C@H](O)CC[C@@]4(C)C3CC[C@]21C.CC(=O)[C@@H]1CCC2C3CCC4=C[C@H](OC(=O)[C@@H](N)C(C)C)CC[C@@]4(C)C3CC[C@]21C.Cl. The van der Waals surface area contributed by atoms with Gasteiger partial charge in [0.2, 0.25) is 0 Å². The lowest BCUT2D eigenvalue weighted by atomic mass is 9.46. The van der Waals surface area contributed by atoms with E-state index >= 15 is 0 Å². The van der Waals surface area contributed by atoms with E-state index in [1.165, 1.54) is 94.6 Å². The first-order chi connectivity index (χ1) is 35.8. The molecule has 0 saturated heterocycles. The Balaban J connectivity index is 0.000000142. The number of aliphatic hydroxyl groups excluding tert-OH is 1. The normalized spacial score (nSPS) is 47.3. The summed E-state index contributed by atoms with van der Waals surface area (Å²) in [6, 6.07) is -0.542. The fourth-order valence-electron chi connectivity index (χ4n) is 22.6. The molecule has 0 radical (unpaired) electrons. The number of ketones is 4. The van der Waals surface area contributed by atoms with E-state index < -0.39 is 6.04 Å². The molecule has 0 amide bonds. The molecule has 8 nitrogen and oxygen atoms in total. The lowest BCUT2D eigenvalue weighted by Gasteiger charge is -2.58. The highest BCUT2D eigenvalue weighted by atomic mass is 35.5. The van der Waals surface area contributed by atoms with Gasteiger partial charge < -0.3 is 15.6 Å². The summed E-state index contributed by atoms with van der Waals surface area (Å²) in [5.74, 6) is 9.01. The summed E-state index contributed by atoms with van der Waals surface area (Å²) in [5, 5.41) is 10.0. The molecule has 3 N–H and O–H groups in total. The Bertz CT molecular complexity index is 2400. The predicted octanol–water partition coefficient (Wildman–Crippen LogP) is 14.7. The summed E-state index contributed by atoms with van der Waals surface area (Å²) in [4.78, 5) is 60.8. The van der Waals surface area contributed by atoms with Gasteiger partial charge in [0.25, 0.3) is 0 Å². The van der Waals surface area contributed by atoms with Crippen LogP contribution in [0, 0.1) is 109 Å². The average Bonchev–Trinajstić information content (AvgIpc) is 4.28. The van der Waals surface area contributed by atoms with E-state index in [-0.39, 0.29) is 69.5 Å². The van der Waals surface area contributed by atoms with Gasteiger partial charge in [0, 0.05) is 24.2 Å². The molecule has 0 bridgehead atoms. The second-order valence-corrected chi connectivity index (χ2v) is 30.3. The van der Waals surface area contributed by atoms with E-state index in [2.05, 4.69) is 53.7 Å². The molecule has 9 fully saturated rings. The first kappa shape index (κ1) is 59.2. The van der Waals surface area contributed by atoms with Gasteiger partial charge in [-0.25, -0.2) is 0 Å². The van der Waals surface area contributed by atoms with Crippen LogP contribution < -0.4 is 5.73 Å². The van der Waals surface area contributed by atoms with Crippen molar-refractivity contribution in [3.05, 3.63) is 34.9 Å². The van der Waals surface area contributed by atoms with Crippen LogP contribution in [0.2, 0.25) is 0 Å². The minimum absolute atomic E-state index is 0. The van der Waals surface area contributed by atoms with E-state index in [0.717, 1.165) is 112 Å². The van der Waals surface area contributed by atoms with Gasteiger partial charge in [-0.05, 0) is 272 Å². The number of allylic oxidation sites excluding steroid dienone is 3. The standard InChI is InChI=1S/C26H41NO3.C21H32O2.C21H30O2.ClH/c1-15(2)23(27)24(29)30-18-10-12-25(4)17(14-18)6-7-19-21-9-8-20(16(3)28)26(21,5)13-11-22(19)25;2*1-13(22)17-6-7-18-16-5-4-14-12-15(23)8-10-20(14,2)19(16)9-11-21(17,18)3;/h14-15,18-23H,6-13,27H2,1-5H3;12,15-19,23H,4-11H2,1-3H3;12,16-19H,4-11H2,1-3H3;1H/t18-,19?,20+,21?,22?,23+,25-,26+;15-,16?,17+,18?,19?,20-,21+;16?,17-,18?,19?,20+,21-;/m110./s1. The zero-order valence-corrected chi connectivity index (χ0v) is 50.6. The van der Waals surface area contributed by atoms with Crippen LogP contribution in [0.1, 0.15) is 230 Å². The lowest BCUT2D eigenvalue weighted by molar-refractivity contribution is -0.151. The third-order valence-electron chi connectivity index (χ3n) is 26.9. The summed E-state index contributed by atoms with van der Waals surface area (Å²) in [6.07, 6.45) is 33.6. The first-order valence-corrected chi connectivity index (χ1v) is 31.6. The minimum atomic E-state index is -0.542. The molecule has 9 heteroatoms. The third kappa shape index (κ3) is 9.86. The van der Waals surface area contributed by atoms with Gasteiger partial charge in [0.05, 0.1) is 6.10 Å². The topological polar surface area (TPSA) is 141 Å². The van der Waals surface area contributed by atoms with E-state index in [4.69, 9.17) is 10.5 Å². The quantitative estimate of drug-likeness (QED) is 0.198. The van der Waals surface area contributed by atoms with Crippen LogP contribution in [0.4, 0.5) is 0 Å². The second-order valence-electron chi connectivity index (χ2n) is 30.3. The Hall–Kier alpha value is -2.42. The molecule has 0 aromatic heterocycles. The number of rotatable bonds is 6. The lowest BCUT2D eigenvalue weighted by Crippen LogP contribution is -2.51. The molecule has 12 aliphatic carbocycles. The van der Waals surface area contributed by atoms with E-state index in [0.29, 0.717) is 52.2 Å². The summed E-state index contributed by atoms with van der Waals surface area (Å²) >= 11 is 0. The molecule has 0 aromatic rings. The molecule has 21 atom stereocenters. The number of carbonyl (C=O) groups is 5. The number of hydrogen-bond donors (Lipinski definition) is 2. The Morgan fingerprint density at radius 2 is 0.896 bits per heavy atom. The van der Waals surface area contributed by atoms with Gasteiger partial charge in [-0.1, -0.05) is 78.2 Å². The Morgan fingerprint density at radius 1 is 0.506 bits per heavy atom. The van der Waals surface area contributed by atoms with Gasteiger partial charge in [-0.3, -0.25) is 24.0 Å². The molecular weight excluding hydrogens is 978 g/mol. The molecular formula is C68H104ClNO7. The number of fused-ring (bicyclic) bond motifs is 15. The van der Waals surface area contributed by atoms with Crippen molar-refractivity contribution >= 4 is 41.5 Å². The molecule has 0 spiro atoms. The number of carbonyl (C=O) groups excluding carboxylic acids is 5. The zero-order valence-electron chi connectivity index (χ0n) is 49.8. The Morgan fingerprint density at radius 3 is 1.31 bits per heavy atom. The van der Waals surface area contributed by atoms with Crippen molar-refractivity contribution in [1.29, 1.82) is 0 Å². The van der Waals surface area contributed by atoms with Crippen molar-refractivity contribution in [2.45, 2.75) is 249 Å². The highest BCUT2D eigenvalue weighted by Gasteiger charge is 2.63. The number of hydrogen-bond acceptors (Lipinski definition) is 8. The van der Waals surface area contributed by atoms with Crippen molar-refractivity contribution in [2.24, 2.45) is 115 Å². The molecule has 77 heavy (non-hydrogen) atoms. The Labute approximate surface area is 471 Å². The van der Waals surface area contributed by atoms with Crippen molar-refractivity contribution in [2.75, 3.05) is 0 Å². The monoisotopic (exact) mass is 1080 g/mol. The van der Waals surface area contributed by atoms with Crippen LogP contribution in [-0.2, 0) is 28.7 Å². The molecule has 430 valence electrons. The summed E-state index contributed by atoms with van der Waals surface area (Å²) < 4.78 is 5.79. The van der Waals surface area contributed by atoms with E-state index in [1.54, 1.807) is 19.4 Å². The van der Waals surface area contributed by atoms with Crippen LogP contribution >= 0.6 is 12.4 Å². The van der Waals surface area contributed by atoms with Crippen molar-refractivity contribution in [3.8, 4) is 0 Å². The summed E-state index contributed by atoms with van der Waals surface area (Å²) in [6.45, 7) is 24.0. The third-order valence-corrected chi connectivity index (χ3v) is 26.9. The molecule has 9 unspecified atom stereocenters.